The number of amides is 1. The fraction of sp³-hybridized carbons (Fsp3) is 0.500. The number of ether oxygens (including phenoxy) is 1. The monoisotopic (exact) mass is 468 g/mol. The zero-order valence-electron chi connectivity index (χ0n) is 17.4. The summed E-state index contributed by atoms with van der Waals surface area (Å²) in [4.78, 5) is 19.1. The minimum atomic E-state index is -3.60. The van der Waals surface area contributed by atoms with Crippen LogP contribution in [0.5, 0.6) is 0 Å². The van der Waals surface area contributed by atoms with Gasteiger partial charge in [-0.1, -0.05) is 12.1 Å². The van der Waals surface area contributed by atoms with Gasteiger partial charge in [0.05, 0.1) is 18.4 Å². The molecule has 1 aromatic carbocycles. The van der Waals surface area contributed by atoms with Crippen LogP contribution in [-0.4, -0.2) is 84.3 Å². The van der Waals surface area contributed by atoms with E-state index in [1.807, 2.05) is 13.8 Å². The molecular formula is C20H25FN4O4S2. The fourth-order valence-electron chi connectivity index (χ4n) is 3.89. The van der Waals surface area contributed by atoms with E-state index in [4.69, 9.17) is 4.74 Å². The summed E-state index contributed by atoms with van der Waals surface area (Å²) in [6.45, 7) is 5.41. The lowest BCUT2D eigenvalue weighted by Gasteiger charge is -2.40. The maximum absolute atomic E-state index is 14.0. The Morgan fingerprint density at radius 2 is 1.74 bits per heavy atom. The summed E-state index contributed by atoms with van der Waals surface area (Å²) in [6, 6.07) is 6.30. The summed E-state index contributed by atoms with van der Waals surface area (Å²) in [5, 5.41) is 0.443. The lowest BCUT2D eigenvalue weighted by atomic mass is 10.2. The summed E-state index contributed by atoms with van der Waals surface area (Å²) < 4.78 is 48.6. The standard InChI is InChI=1S/C20H25FN4O4S2/c1-14-12-25(13-15(2)29-14)31(27,28)24-9-7-23(8-10-24)20(26)18-11-22-19(30-18)16-5-3-4-6-17(16)21/h3-6,11,14-15H,7-10,12-13H2,1-2H3. The van der Waals surface area contributed by atoms with Gasteiger partial charge in [0.15, 0.2) is 0 Å². The Morgan fingerprint density at radius 3 is 2.39 bits per heavy atom. The lowest BCUT2D eigenvalue weighted by Crippen LogP contribution is -2.57. The number of aromatic nitrogens is 1. The van der Waals surface area contributed by atoms with E-state index in [1.54, 1.807) is 23.1 Å². The van der Waals surface area contributed by atoms with Crippen molar-refractivity contribution in [2.75, 3.05) is 39.3 Å². The lowest BCUT2D eigenvalue weighted by molar-refractivity contribution is -0.0457. The second-order valence-corrected chi connectivity index (χ2v) is 10.7. The molecule has 2 aromatic rings. The number of morpholine rings is 1. The van der Waals surface area contributed by atoms with Gasteiger partial charge < -0.3 is 9.64 Å². The average Bonchev–Trinajstić information content (AvgIpc) is 3.23. The van der Waals surface area contributed by atoms with Crippen LogP contribution in [0.3, 0.4) is 0 Å². The summed E-state index contributed by atoms with van der Waals surface area (Å²) in [5.41, 5.74) is 0.358. The number of nitrogens with zero attached hydrogens (tertiary/aromatic N) is 4. The van der Waals surface area contributed by atoms with Crippen molar-refractivity contribution in [3.8, 4) is 10.6 Å². The van der Waals surface area contributed by atoms with Crippen molar-refractivity contribution in [3.63, 3.8) is 0 Å². The van der Waals surface area contributed by atoms with Crippen LogP contribution in [-0.2, 0) is 14.9 Å². The average molecular weight is 469 g/mol. The molecule has 31 heavy (non-hydrogen) atoms. The topological polar surface area (TPSA) is 83.1 Å². The molecule has 1 amide bonds. The van der Waals surface area contributed by atoms with Gasteiger partial charge in [-0.3, -0.25) is 4.79 Å². The Bertz CT molecular complexity index is 1040. The molecule has 11 heteroatoms. The van der Waals surface area contributed by atoms with Crippen LogP contribution >= 0.6 is 11.3 Å². The Labute approximate surface area is 185 Å². The molecular weight excluding hydrogens is 443 g/mol. The van der Waals surface area contributed by atoms with Crippen LogP contribution in [0.2, 0.25) is 0 Å². The van der Waals surface area contributed by atoms with E-state index in [1.165, 1.54) is 20.9 Å². The van der Waals surface area contributed by atoms with Crippen LogP contribution in [0.1, 0.15) is 23.5 Å². The van der Waals surface area contributed by atoms with Crippen LogP contribution in [0.25, 0.3) is 10.6 Å². The number of thiazole rings is 1. The molecule has 2 saturated heterocycles. The van der Waals surface area contributed by atoms with Crippen molar-refractivity contribution < 1.29 is 22.3 Å². The van der Waals surface area contributed by atoms with Gasteiger partial charge in [-0.25, -0.2) is 9.37 Å². The molecule has 4 rings (SSSR count). The van der Waals surface area contributed by atoms with Crippen molar-refractivity contribution in [2.45, 2.75) is 26.1 Å². The molecule has 1 aromatic heterocycles. The van der Waals surface area contributed by atoms with Gasteiger partial charge >= 0.3 is 0 Å². The third kappa shape index (κ3) is 4.65. The predicted molar refractivity (Wildman–Crippen MR) is 115 cm³/mol. The first-order valence-corrected chi connectivity index (χ1v) is 12.4. The van der Waals surface area contributed by atoms with Gasteiger partial charge in [-0.15, -0.1) is 11.3 Å². The Kier molecular flexibility index (Phi) is 6.40. The molecule has 2 aliphatic heterocycles. The molecule has 8 nitrogen and oxygen atoms in total. The number of carbonyl (C=O) groups excluding carboxylic acids is 1. The van der Waals surface area contributed by atoms with Crippen molar-refractivity contribution in [2.24, 2.45) is 0 Å². The number of rotatable bonds is 4. The number of hydrogen-bond donors (Lipinski definition) is 0. The van der Waals surface area contributed by atoms with Crippen molar-refractivity contribution in [1.82, 2.24) is 18.5 Å². The normalized spacial score (nSPS) is 23.8. The highest BCUT2D eigenvalue weighted by molar-refractivity contribution is 7.86. The minimum absolute atomic E-state index is 0.156. The predicted octanol–water partition coefficient (Wildman–Crippen LogP) is 2.06. The number of carbonyl (C=O) groups is 1. The zero-order valence-corrected chi connectivity index (χ0v) is 19.0. The Morgan fingerprint density at radius 1 is 1.10 bits per heavy atom. The summed E-state index contributed by atoms with van der Waals surface area (Å²) in [6.07, 6.45) is 1.14. The Balaban J connectivity index is 1.40. The summed E-state index contributed by atoms with van der Waals surface area (Å²) in [5.74, 6) is -0.604. The molecule has 0 aliphatic carbocycles. The van der Waals surface area contributed by atoms with Gasteiger partial charge in [0.25, 0.3) is 16.1 Å². The smallest absolute Gasteiger partial charge is 0.282 e. The maximum Gasteiger partial charge on any atom is 0.282 e. The quantitative estimate of drug-likeness (QED) is 0.686. The SMILES string of the molecule is CC1CN(S(=O)(=O)N2CCN(C(=O)c3cnc(-c4ccccc4F)s3)CC2)CC(C)O1. The molecule has 0 radical (unpaired) electrons. The molecule has 3 heterocycles. The highest BCUT2D eigenvalue weighted by Crippen LogP contribution is 2.28. The number of hydrogen-bond acceptors (Lipinski definition) is 6. The molecule has 2 fully saturated rings. The largest absolute Gasteiger partial charge is 0.373 e. The van der Waals surface area contributed by atoms with Gasteiger partial charge in [-0.2, -0.15) is 17.0 Å². The van der Waals surface area contributed by atoms with E-state index in [9.17, 15) is 17.6 Å². The van der Waals surface area contributed by atoms with Crippen LogP contribution in [0.4, 0.5) is 4.39 Å². The first-order valence-electron chi connectivity index (χ1n) is 10.2. The van der Waals surface area contributed by atoms with E-state index in [0.717, 1.165) is 11.3 Å². The molecule has 168 valence electrons. The number of benzene rings is 1. The van der Waals surface area contributed by atoms with Crippen LogP contribution < -0.4 is 0 Å². The van der Waals surface area contributed by atoms with E-state index >= 15 is 0 Å². The first-order chi connectivity index (χ1) is 14.8. The molecule has 2 unspecified atom stereocenters. The van der Waals surface area contributed by atoms with Gasteiger partial charge in [0.1, 0.15) is 15.7 Å². The second kappa shape index (κ2) is 8.91. The maximum atomic E-state index is 14.0. The van der Waals surface area contributed by atoms with E-state index in [0.29, 0.717) is 41.6 Å². The van der Waals surface area contributed by atoms with Crippen molar-refractivity contribution in [1.29, 1.82) is 0 Å². The van der Waals surface area contributed by atoms with Crippen molar-refractivity contribution in [3.05, 3.63) is 41.2 Å². The summed E-state index contributed by atoms with van der Waals surface area (Å²) in [7, 11) is -3.60. The molecule has 0 bridgehead atoms. The second-order valence-electron chi connectivity index (χ2n) is 7.78. The van der Waals surface area contributed by atoms with E-state index < -0.39 is 10.2 Å². The number of piperazine rings is 1. The van der Waals surface area contributed by atoms with Crippen LogP contribution in [0.15, 0.2) is 30.5 Å². The molecule has 2 aliphatic rings. The molecule has 2 atom stereocenters. The minimum Gasteiger partial charge on any atom is -0.373 e. The molecule has 0 spiro atoms. The third-order valence-electron chi connectivity index (χ3n) is 5.39. The summed E-state index contributed by atoms with van der Waals surface area (Å²) >= 11 is 1.14. The molecule has 0 N–H and O–H groups in total. The highest BCUT2D eigenvalue weighted by atomic mass is 32.2. The van der Waals surface area contributed by atoms with Gasteiger partial charge in [0, 0.05) is 44.8 Å². The van der Waals surface area contributed by atoms with Crippen LogP contribution in [0, 0.1) is 5.82 Å². The van der Waals surface area contributed by atoms with Crippen molar-refractivity contribution >= 4 is 27.5 Å². The zero-order chi connectivity index (χ0) is 22.2. The Hall–Kier alpha value is -1.92. The highest BCUT2D eigenvalue weighted by Gasteiger charge is 2.37. The van der Waals surface area contributed by atoms with Gasteiger partial charge in [0.2, 0.25) is 0 Å². The molecule has 0 saturated carbocycles. The van der Waals surface area contributed by atoms with Gasteiger partial charge in [-0.05, 0) is 26.0 Å². The first kappa shape index (κ1) is 22.3. The van der Waals surface area contributed by atoms with E-state index in [2.05, 4.69) is 4.98 Å². The van der Waals surface area contributed by atoms with E-state index in [-0.39, 0.29) is 37.0 Å². The third-order valence-corrected chi connectivity index (χ3v) is 8.37. The number of halogens is 1. The fourth-order valence-corrected chi connectivity index (χ4v) is 6.55.